The van der Waals surface area contributed by atoms with E-state index in [9.17, 15) is 13.2 Å². The summed E-state index contributed by atoms with van der Waals surface area (Å²) in [6.07, 6.45) is -0.999. The number of nitrogens with one attached hydrogen (secondary N) is 1. The number of rotatable bonds is 4. The van der Waals surface area contributed by atoms with E-state index in [1.54, 1.807) is 12.4 Å². The predicted octanol–water partition coefficient (Wildman–Crippen LogP) is 5.32. The monoisotopic (exact) mass is 380 g/mol. The first kappa shape index (κ1) is 17.9. The van der Waals surface area contributed by atoms with E-state index in [0.29, 0.717) is 18.2 Å². The second-order valence-electron chi connectivity index (χ2n) is 6.20. The molecule has 0 aliphatic heterocycles. The summed E-state index contributed by atoms with van der Waals surface area (Å²) < 4.78 is 38.1. The lowest BCUT2D eigenvalue weighted by Gasteiger charge is -2.12. The fourth-order valence-electron chi connectivity index (χ4n) is 2.84. The number of alkyl halides is 3. The minimum atomic E-state index is -4.34. The van der Waals surface area contributed by atoms with Gasteiger partial charge < -0.3 is 5.32 Å². The Morgan fingerprint density at radius 3 is 2.25 bits per heavy atom. The Bertz CT molecular complexity index is 1090. The average Bonchev–Trinajstić information content (AvgIpc) is 2.72. The van der Waals surface area contributed by atoms with Crippen molar-refractivity contribution < 1.29 is 13.2 Å². The molecular weight excluding hydrogens is 365 g/mol. The quantitative estimate of drug-likeness (QED) is 0.520. The van der Waals surface area contributed by atoms with Crippen LogP contribution in [0.15, 0.2) is 73.1 Å². The molecule has 1 N–H and O–H groups in total. The Balaban J connectivity index is 1.64. The molecule has 0 saturated carbocycles. The minimum Gasteiger partial charge on any atom is -0.365 e. The second kappa shape index (κ2) is 7.26. The molecule has 7 heteroatoms. The third kappa shape index (κ3) is 3.78. The molecule has 140 valence electrons. The first-order valence-electron chi connectivity index (χ1n) is 8.58. The van der Waals surface area contributed by atoms with E-state index in [2.05, 4.69) is 20.3 Å². The van der Waals surface area contributed by atoms with Crippen LogP contribution in [0.25, 0.3) is 22.3 Å². The van der Waals surface area contributed by atoms with E-state index in [1.807, 2.05) is 36.4 Å². The summed E-state index contributed by atoms with van der Waals surface area (Å²) in [4.78, 5) is 13.2. The SMILES string of the molecule is FC(F)(F)c1ccc(CNc2nc(-c3ccncc3)nc3ccccc23)cc1. The summed E-state index contributed by atoms with van der Waals surface area (Å²) in [6.45, 7) is 0.342. The first-order chi connectivity index (χ1) is 13.5. The van der Waals surface area contributed by atoms with Crippen LogP contribution in [0.1, 0.15) is 11.1 Å². The van der Waals surface area contributed by atoms with Gasteiger partial charge in [0.1, 0.15) is 5.82 Å². The topological polar surface area (TPSA) is 50.7 Å². The van der Waals surface area contributed by atoms with Crippen LogP contribution in [0.4, 0.5) is 19.0 Å². The van der Waals surface area contributed by atoms with Crippen molar-refractivity contribution in [1.29, 1.82) is 0 Å². The number of fused-ring (bicyclic) bond motifs is 1. The third-order valence-electron chi connectivity index (χ3n) is 4.28. The Labute approximate surface area is 159 Å². The largest absolute Gasteiger partial charge is 0.416 e. The van der Waals surface area contributed by atoms with Gasteiger partial charge in [-0.15, -0.1) is 0 Å². The molecule has 2 heterocycles. The van der Waals surface area contributed by atoms with Crippen molar-refractivity contribution >= 4 is 16.7 Å². The Morgan fingerprint density at radius 1 is 0.821 bits per heavy atom. The van der Waals surface area contributed by atoms with Gasteiger partial charge in [0.25, 0.3) is 0 Å². The van der Waals surface area contributed by atoms with Gasteiger partial charge in [-0.2, -0.15) is 13.2 Å². The van der Waals surface area contributed by atoms with E-state index >= 15 is 0 Å². The highest BCUT2D eigenvalue weighted by atomic mass is 19.4. The molecule has 0 fully saturated rings. The number of anilines is 1. The molecular formula is C21H15F3N4. The maximum atomic E-state index is 12.7. The maximum Gasteiger partial charge on any atom is 0.416 e. The number of nitrogens with zero attached hydrogens (tertiary/aromatic N) is 3. The highest BCUT2D eigenvalue weighted by molar-refractivity contribution is 5.90. The maximum absolute atomic E-state index is 12.7. The normalized spacial score (nSPS) is 11.5. The van der Waals surface area contributed by atoms with Crippen molar-refractivity contribution in [3.05, 3.63) is 84.2 Å². The zero-order valence-electron chi connectivity index (χ0n) is 14.6. The zero-order chi connectivity index (χ0) is 19.6. The van der Waals surface area contributed by atoms with Crippen LogP contribution in [0.3, 0.4) is 0 Å². The van der Waals surface area contributed by atoms with Gasteiger partial charge in [-0.05, 0) is 42.0 Å². The molecule has 4 rings (SSSR count). The lowest BCUT2D eigenvalue weighted by atomic mass is 10.1. The van der Waals surface area contributed by atoms with E-state index in [4.69, 9.17) is 0 Å². The lowest BCUT2D eigenvalue weighted by molar-refractivity contribution is -0.137. The minimum absolute atomic E-state index is 0.342. The van der Waals surface area contributed by atoms with Crippen LogP contribution in [-0.2, 0) is 12.7 Å². The standard InChI is InChI=1S/C21H15F3N4/c22-21(23,24)16-7-5-14(6-8-16)13-26-20-17-3-1-2-4-18(17)27-19(28-20)15-9-11-25-12-10-15/h1-12H,13H2,(H,26,27,28). The van der Waals surface area contributed by atoms with E-state index in [-0.39, 0.29) is 0 Å². The van der Waals surface area contributed by atoms with Gasteiger partial charge in [0.15, 0.2) is 5.82 Å². The number of benzene rings is 2. The summed E-state index contributed by atoms with van der Waals surface area (Å²) in [7, 11) is 0. The van der Waals surface area contributed by atoms with Gasteiger partial charge in [0.2, 0.25) is 0 Å². The highest BCUT2D eigenvalue weighted by Gasteiger charge is 2.29. The first-order valence-corrected chi connectivity index (χ1v) is 8.58. The van der Waals surface area contributed by atoms with Crippen molar-refractivity contribution in [2.24, 2.45) is 0 Å². The fraction of sp³-hybridized carbons (Fsp3) is 0.0952. The molecule has 0 radical (unpaired) electrons. The molecule has 0 amide bonds. The van der Waals surface area contributed by atoms with Gasteiger partial charge in [0, 0.05) is 29.9 Å². The fourth-order valence-corrected chi connectivity index (χ4v) is 2.84. The van der Waals surface area contributed by atoms with Gasteiger partial charge in [-0.1, -0.05) is 24.3 Å². The smallest absolute Gasteiger partial charge is 0.365 e. The summed E-state index contributed by atoms with van der Waals surface area (Å²) in [6, 6.07) is 16.3. The van der Waals surface area contributed by atoms with Gasteiger partial charge >= 0.3 is 6.18 Å². The molecule has 0 saturated heterocycles. The highest BCUT2D eigenvalue weighted by Crippen LogP contribution is 2.29. The van der Waals surface area contributed by atoms with Crippen LogP contribution < -0.4 is 5.32 Å². The zero-order valence-corrected chi connectivity index (χ0v) is 14.6. The lowest BCUT2D eigenvalue weighted by Crippen LogP contribution is -2.07. The summed E-state index contributed by atoms with van der Waals surface area (Å²) in [5, 5.41) is 4.06. The summed E-state index contributed by atoms with van der Waals surface area (Å²) in [5.41, 5.74) is 1.67. The van der Waals surface area contributed by atoms with Crippen molar-refractivity contribution in [1.82, 2.24) is 15.0 Å². The van der Waals surface area contributed by atoms with Crippen molar-refractivity contribution in [3.63, 3.8) is 0 Å². The van der Waals surface area contributed by atoms with Gasteiger partial charge in [-0.3, -0.25) is 4.98 Å². The molecule has 0 spiro atoms. The molecule has 0 unspecified atom stereocenters. The number of aromatic nitrogens is 3. The van der Waals surface area contributed by atoms with Crippen LogP contribution in [-0.4, -0.2) is 15.0 Å². The summed E-state index contributed by atoms with van der Waals surface area (Å²) >= 11 is 0. The number of pyridine rings is 1. The molecule has 0 atom stereocenters. The average molecular weight is 380 g/mol. The van der Waals surface area contributed by atoms with Gasteiger partial charge in [-0.25, -0.2) is 9.97 Å². The van der Waals surface area contributed by atoms with E-state index in [0.717, 1.165) is 34.2 Å². The summed E-state index contributed by atoms with van der Waals surface area (Å²) in [5.74, 6) is 1.17. The second-order valence-corrected chi connectivity index (χ2v) is 6.20. The van der Waals surface area contributed by atoms with Crippen LogP contribution in [0, 0.1) is 0 Å². The Morgan fingerprint density at radius 2 is 1.54 bits per heavy atom. The number of para-hydroxylation sites is 1. The predicted molar refractivity (Wildman–Crippen MR) is 102 cm³/mol. The third-order valence-corrected chi connectivity index (χ3v) is 4.28. The molecule has 0 bridgehead atoms. The van der Waals surface area contributed by atoms with Gasteiger partial charge in [0.05, 0.1) is 11.1 Å². The molecule has 4 aromatic rings. The molecule has 2 aromatic heterocycles. The molecule has 0 aliphatic rings. The van der Waals surface area contributed by atoms with Crippen molar-refractivity contribution in [3.8, 4) is 11.4 Å². The van der Waals surface area contributed by atoms with Crippen LogP contribution in [0.5, 0.6) is 0 Å². The van der Waals surface area contributed by atoms with Crippen molar-refractivity contribution in [2.45, 2.75) is 12.7 Å². The number of hydrogen-bond acceptors (Lipinski definition) is 4. The van der Waals surface area contributed by atoms with E-state index in [1.165, 1.54) is 12.1 Å². The Hall–Kier alpha value is -3.48. The molecule has 2 aromatic carbocycles. The van der Waals surface area contributed by atoms with E-state index < -0.39 is 11.7 Å². The Kier molecular flexibility index (Phi) is 4.65. The van der Waals surface area contributed by atoms with Crippen molar-refractivity contribution in [2.75, 3.05) is 5.32 Å². The number of halogens is 3. The number of hydrogen-bond donors (Lipinski definition) is 1. The molecule has 28 heavy (non-hydrogen) atoms. The van der Waals surface area contributed by atoms with Crippen LogP contribution >= 0.6 is 0 Å². The van der Waals surface area contributed by atoms with Crippen LogP contribution in [0.2, 0.25) is 0 Å². The molecule has 4 nitrogen and oxygen atoms in total. The molecule has 0 aliphatic carbocycles.